The maximum absolute atomic E-state index is 12.0. The zero-order chi connectivity index (χ0) is 22.8. The van der Waals surface area contributed by atoms with Crippen molar-refractivity contribution in [2.45, 2.75) is 31.7 Å². The largest absolute Gasteiger partial charge is 0.444 e. The fourth-order valence-electron chi connectivity index (χ4n) is 3.13. The molecule has 0 aliphatic carbocycles. The molecule has 1 aromatic heterocycles. The molecule has 1 aliphatic heterocycles. The second-order valence-corrected chi connectivity index (χ2v) is 7.13. The summed E-state index contributed by atoms with van der Waals surface area (Å²) in [7, 11) is 0. The minimum absolute atomic E-state index is 0.159. The Bertz CT molecular complexity index is 1010. The van der Waals surface area contributed by atoms with Gasteiger partial charge in [-0.25, -0.2) is 4.79 Å². The predicted molar refractivity (Wildman–Crippen MR) is 117 cm³/mol. The minimum atomic E-state index is -0.436. The van der Waals surface area contributed by atoms with Crippen LogP contribution in [0.15, 0.2) is 41.3 Å². The Morgan fingerprint density at radius 2 is 2.09 bits per heavy atom. The van der Waals surface area contributed by atoms with Crippen molar-refractivity contribution in [3.63, 3.8) is 0 Å². The van der Waals surface area contributed by atoms with E-state index in [-0.39, 0.29) is 30.7 Å². The summed E-state index contributed by atoms with van der Waals surface area (Å²) >= 11 is 0. The third-order valence-electron chi connectivity index (χ3n) is 4.82. The maximum Gasteiger partial charge on any atom is 0.351 e. The molecule has 1 aromatic carbocycles. The number of hydrogen-bond acceptors (Lipinski definition) is 8. The molecular weight excluding hydrogens is 414 g/mol. The van der Waals surface area contributed by atoms with E-state index in [2.05, 4.69) is 22.3 Å². The molecule has 1 saturated heterocycles. The van der Waals surface area contributed by atoms with Crippen LogP contribution in [0.4, 0.5) is 5.82 Å². The van der Waals surface area contributed by atoms with Crippen LogP contribution < -0.4 is 22.5 Å². The maximum atomic E-state index is 12.0. The number of benzene rings is 1. The SMILES string of the molecule is NCc1ccc(C(=O)NCCOCC#COC[C@@H]2CC[C@H](n3ccc(N)nc3=O)O2)cc1. The van der Waals surface area contributed by atoms with Crippen LogP contribution in [0.2, 0.25) is 0 Å². The van der Waals surface area contributed by atoms with Gasteiger partial charge in [0, 0.05) is 24.8 Å². The number of aromatic nitrogens is 2. The number of hydrogen-bond donors (Lipinski definition) is 3. The summed E-state index contributed by atoms with van der Waals surface area (Å²) in [6.07, 6.45) is 5.04. The van der Waals surface area contributed by atoms with Crippen molar-refractivity contribution >= 4 is 11.7 Å². The smallest absolute Gasteiger partial charge is 0.351 e. The van der Waals surface area contributed by atoms with Gasteiger partial charge in [0.15, 0.2) is 0 Å². The first kappa shape index (κ1) is 23.3. The Morgan fingerprint density at radius 1 is 1.28 bits per heavy atom. The summed E-state index contributed by atoms with van der Waals surface area (Å²) in [6.45, 7) is 1.62. The molecule has 2 heterocycles. The molecule has 3 rings (SSSR count). The van der Waals surface area contributed by atoms with Crippen molar-refractivity contribution in [2.24, 2.45) is 5.73 Å². The van der Waals surface area contributed by atoms with Gasteiger partial charge in [0.1, 0.15) is 31.4 Å². The summed E-state index contributed by atoms with van der Waals surface area (Å²) < 4.78 is 17.9. The number of nitrogens with zero attached hydrogens (tertiary/aromatic N) is 2. The van der Waals surface area contributed by atoms with E-state index >= 15 is 0 Å². The molecule has 0 spiro atoms. The van der Waals surface area contributed by atoms with Crippen LogP contribution in [0, 0.1) is 12.0 Å². The number of carbonyl (C=O) groups excluding carboxylic acids is 1. The second kappa shape index (κ2) is 11.9. The number of ether oxygens (including phenoxy) is 3. The zero-order valence-corrected chi connectivity index (χ0v) is 17.7. The molecule has 0 bridgehead atoms. The van der Waals surface area contributed by atoms with Crippen molar-refractivity contribution in [1.82, 2.24) is 14.9 Å². The van der Waals surface area contributed by atoms with Gasteiger partial charge in [-0.1, -0.05) is 12.1 Å². The Morgan fingerprint density at radius 3 is 2.84 bits per heavy atom. The standard InChI is InChI=1S/C22H27N5O5/c23-14-16-2-4-17(5-3-16)21(28)25-9-13-30-11-1-12-31-15-18-6-7-20(32-18)27-10-8-19(24)26-22(27)29/h2-5,8,10,18,20H,6-7,9,11,13-15,23H2,(H,25,28)(H2,24,26,29)/t18-,20+/m0/s1. The van der Waals surface area contributed by atoms with Gasteiger partial charge >= 0.3 is 5.69 Å². The normalized spacial score (nSPS) is 17.4. The van der Waals surface area contributed by atoms with Gasteiger partial charge in [0.05, 0.1) is 12.7 Å². The molecule has 0 radical (unpaired) electrons. The number of nitrogens with one attached hydrogen (secondary N) is 1. The van der Waals surface area contributed by atoms with E-state index in [9.17, 15) is 9.59 Å². The van der Waals surface area contributed by atoms with E-state index in [0.29, 0.717) is 38.3 Å². The van der Waals surface area contributed by atoms with Crippen LogP contribution in [0.5, 0.6) is 0 Å². The summed E-state index contributed by atoms with van der Waals surface area (Å²) in [6, 6.07) is 8.69. The molecule has 32 heavy (non-hydrogen) atoms. The molecule has 170 valence electrons. The van der Waals surface area contributed by atoms with Gasteiger partial charge in [-0.15, -0.1) is 0 Å². The molecule has 0 saturated carbocycles. The summed E-state index contributed by atoms with van der Waals surface area (Å²) in [5.74, 6) is 2.76. The van der Waals surface area contributed by atoms with Crippen molar-refractivity contribution in [1.29, 1.82) is 0 Å². The fourth-order valence-corrected chi connectivity index (χ4v) is 3.13. The van der Waals surface area contributed by atoms with Gasteiger partial charge in [-0.05, 0) is 42.5 Å². The molecule has 1 amide bonds. The topological polar surface area (TPSA) is 144 Å². The Hall–Kier alpha value is -3.39. The Labute approximate surface area is 185 Å². The predicted octanol–water partition coefficient (Wildman–Crippen LogP) is 0.386. The molecule has 10 heteroatoms. The van der Waals surface area contributed by atoms with Crippen LogP contribution in [0.25, 0.3) is 0 Å². The molecule has 2 atom stereocenters. The van der Waals surface area contributed by atoms with Gasteiger partial charge in [-0.3, -0.25) is 9.36 Å². The number of anilines is 1. The Balaban J connectivity index is 1.26. The van der Waals surface area contributed by atoms with Gasteiger partial charge in [0.2, 0.25) is 0 Å². The molecule has 10 nitrogen and oxygen atoms in total. The third-order valence-corrected chi connectivity index (χ3v) is 4.82. The monoisotopic (exact) mass is 441 g/mol. The van der Waals surface area contributed by atoms with E-state index in [4.69, 9.17) is 25.7 Å². The highest BCUT2D eigenvalue weighted by molar-refractivity contribution is 5.94. The van der Waals surface area contributed by atoms with Gasteiger partial charge < -0.3 is 31.0 Å². The number of amides is 1. The minimum Gasteiger partial charge on any atom is -0.444 e. The average Bonchev–Trinajstić information content (AvgIpc) is 3.26. The van der Waals surface area contributed by atoms with Crippen LogP contribution >= 0.6 is 0 Å². The van der Waals surface area contributed by atoms with Crippen molar-refractivity contribution in [3.05, 3.63) is 58.1 Å². The molecule has 5 N–H and O–H groups in total. The highest BCUT2D eigenvalue weighted by Crippen LogP contribution is 2.27. The quantitative estimate of drug-likeness (QED) is 0.374. The number of rotatable bonds is 9. The van der Waals surface area contributed by atoms with E-state index in [1.54, 1.807) is 24.4 Å². The average molecular weight is 441 g/mol. The second-order valence-electron chi connectivity index (χ2n) is 7.13. The van der Waals surface area contributed by atoms with E-state index in [1.165, 1.54) is 4.57 Å². The first-order valence-electron chi connectivity index (χ1n) is 10.3. The third kappa shape index (κ3) is 6.81. The lowest BCUT2D eigenvalue weighted by molar-refractivity contribution is -0.0245. The fraction of sp³-hybridized carbons (Fsp3) is 0.409. The van der Waals surface area contributed by atoms with Gasteiger partial charge in [0.25, 0.3) is 5.91 Å². The lowest BCUT2D eigenvalue weighted by Crippen LogP contribution is -2.27. The van der Waals surface area contributed by atoms with Crippen molar-refractivity contribution in [3.8, 4) is 12.0 Å². The van der Waals surface area contributed by atoms with E-state index in [1.807, 2.05) is 12.1 Å². The van der Waals surface area contributed by atoms with Gasteiger partial charge in [-0.2, -0.15) is 4.98 Å². The molecule has 0 unspecified atom stereocenters. The van der Waals surface area contributed by atoms with Crippen LogP contribution in [-0.2, 0) is 20.8 Å². The number of carbonyl (C=O) groups is 1. The molecule has 2 aromatic rings. The lowest BCUT2D eigenvalue weighted by Gasteiger charge is -2.14. The van der Waals surface area contributed by atoms with Crippen LogP contribution in [0.1, 0.15) is 35.0 Å². The van der Waals surface area contributed by atoms with Crippen molar-refractivity contribution < 1.29 is 19.0 Å². The first-order valence-corrected chi connectivity index (χ1v) is 10.3. The van der Waals surface area contributed by atoms with Crippen molar-refractivity contribution in [2.75, 3.05) is 32.1 Å². The highest BCUT2D eigenvalue weighted by Gasteiger charge is 2.27. The summed E-state index contributed by atoms with van der Waals surface area (Å²) in [5.41, 5.74) is 12.2. The molecule has 1 aliphatic rings. The summed E-state index contributed by atoms with van der Waals surface area (Å²) in [4.78, 5) is 27.6. The van der Waals surface area contributed by atoms with Crippen LogP contribution in [0.3, 0.4) is 0 Å². The highest BCUT2D eigenvalue weighted by atomic mass is 16.5. The van der Waals surface area contributed by atoms with E-state index < -0.39 is 5.69 Å². The molecule has 1 fully saturated rings. The first-order chi connectivity index (χ1) is 15.6. The molecular formula is C22H27N5O5. The lowest BCUT2D eigenvalue weighted by atomic mass is 10.1. The zero-order valence-electron chi connectivity index (χ0n) is 17.7. The number of nitrogen functional groups attached to an aromatic ring is 1. The number of nitrogens with two attached hydrogens (primary N) is 2. The Kier molecular flexibility index (Phi) is 8.62. The van der Waals surface area contributed by atoms with Crippen LogP contribution in [-0.4, -0.2) is 47.9 Å². The van der Waals surface area contributed by atoms with E-state index in [0.717, 1.165) is 12.0 Å². The summed E-state index contributed by atoms with van der Waals surface area (Å²) in [5, 5.41) is 2.77.